The van der Waals surface area contributed by atoms with Crippen LogP contribution in [0.3, 0.4) is 0 Å². The number of hydrogen-bond donors (Lipinski definition) is 0. The predicted molar refractivity (Wildman–Crippen MR) is 95.5 cm³/mol. The monoisotopic (exact) mass is 349 g/mol. The van der Waals surface area contributed by atoms with Gasteiger partial charge >= 0.3 is 8.80 Å². The lowest BCUT2D eigenvalue weighted by molar-refractivity contribution is 0.0704. The highest BCUT2D eigenvalue weighted by Gasteiger charge is 2.39. The summed E-state index contributed by atoms with van der Waals surface area (Å²) in [6.45, 7) is 8.44. The van der Waals surface area contributed by atoms with E-state index in [1.807, 2.05) is 51.1 Å². The molecule has 0 unspecified atom stereocenters. The summed E-state index contributed by atoms with van der Waals surface area (Å²) >= 11 is 0. The van der Waals surface area contributed by atoms with Crippen molar-refractivity contribution in [3.05, 3.63) is 36.5 Å². The van der Waals surface area contributed by atoms with Crippen molar-refractivity contribution in [3.8, 4) is 11.3 Å². The van der Waals surface area contributed by atoms with Gasteiger partial charge in [-0.3, -0.25) is 0 Å². The Bertz CT molecular complexity index is 575. The minimum Gasteiger partial charge on any atom is -0.374 e. The zero-order valence-corrected chi connectivity index (χ0v) is 15.8. The lowest BCUT2D eigenvalue weighted by Crippen LogP contribution is -2.46. The maximum atomic E-state index is 5.87. The third kappa shape index (κ3) is 5.24. The fourth-order valence-electron chi connectivity index (χ4n) is 2.58. The van der Waals surface area contributed by atoms with Gasteiger partial charge in [-0.25, -0.2) is 0 Å². The number of rotatable bonds is 11. The number of aromatic nitrogens is 3. The molecule has 1 aromatic carbocycles. The maximum Gasteiger partial charge on any atom is 0.500 e. The van der Waals surface area contributed by atoms with Crippen LogP contribution in [0, 0.1) is 0 Å². The van der Waals surface area contributed by atoms with E-state index < -0.39 is 8.80 Å². The molecule has 1 heterocycles. The zero-order valence-electron chi connectivity index (χ0n) is 14.8. The van der Waals surface area contributed by atoms with Crippen molar-refractivity contribution in [2.45, 2.75) is 39.8 Å². The molecule has 1 aromatic heterocycles. The van der Waals surface area contributed by atoms with Crippen molar-refractivity contribution < 1.29 is 13.3 Å². The molecule has 0 aliphatic heterocycles. The Morgan fingerprint density at radius 1 is 0.958 bits per heavy atom. The van der Waals surface area contributed by atoms with E-state index in [9.17, 15) is 0 Å². The van der Waals surface area contributed by atoms with Crippen molar-refractivity contribution in [2.75, 3.05) is 19.8 Å². The molecule has 0 fully saturated rings. The van der Waals surface area contributed by atoms with Crippen molar-refractivity contribution >= 4 is 8.80 Å². The van der Waals surface area contributed by atoms with Gasteiger partial charge in [-0.05, 0) is 27.2 Å². The van der Waals surface area contributed by atoms with Crippen LogP contribution < -0.4 is 0 Å². The third-order valence-electron chi connectivity index (χ3n) is 3.54. The summed E-state index contributed by atoms with van der Waals surface area (Å²) < 4.78 is 17.6. The average Bonchev–Trinajstić information content (AvgIpc) is 3.05. The normalized spacial score (nSPS) is 11.8. The average molecular weight is 350 g/mol. The van der Waals surface area contributed by atoms with Crippen molar-refractivity contribution in [1.29, 1.82) is 0 Å². The Kier molecular flexibility index (Phi) is 7.58. The summed E-state index contributed by atoms with van der Waals surface area (Å²) in [6.07, 6.45) is 2.66. The first-order chi connectivity index (χ1) is 11.7. The van der Waals surface area contributed by atoms with Crippen molar-refractivity contribution in [2.24, 2.45) is 0 Å². The topological polar surface area (TPSA) is 58.4 Å². The SMILES string of the molecule is CCO[Si](CCCn1ncc(-c2ccccc2)n1)(OCC)OCC. The van der Waals surface area contributed by atoms with Crippen LogP contribution in [-0.2, 0) is 19.8 Å². The molecule has 24 heavy (non-hydrogen) atoms. The van der Waals surface area contributed by atoms with Crippen LogP contribution in [0.2, 0.25) is 6.04 Å². The molecule has 0 bridgehead atoms. The lowest BCUT2D eigenvalue weighted by atomic mass is 10.2. The van der Waals surface area contributed by atoms with Crippen LogP contribution in [0.15, 0.2) is 36.5 Å². The van der Waals surface area contributed by atoms with Gasteiger partial charge in [0.25, 0.3) is 0 Å². The van der Waals surface area contributed by atoms with E-state index >= 15 is 0 Å². The summed E-state index contributed by atoms with van der Waals surface area (Å²) in [6, 6.07) is 10.8. The van der Waals surface area contributed by atoms with Crippen LogP contribution in [0.5, 0.6) is 0 Å². The Labute approximate surface area is 145 Å². The van der Waals surface area contributed by atoms with Crippen LogP contribution in [0.1, 0.15) is 27.2 Å². The zero-order chi connectivity index (χ0) is 17.3. The Morgan fingerprint density at radius 2 is 1.58 bits per heavy atom. The standard InChI is InChI=1S/C17H27N3O3Si/c1-4-21-24(22-5-2,23-6-3)14-10-13-20-18-15-17(19-20)16-11-8-7-9-12-16/h7-9,11-12,15H,4-6,10,13-14H2,1-3H3. The fourth-order valence-corrected chi connectivity index (χ4v) is 5.18. The van der Waals surface area contributed by atoms with Gasteiger partial charge in [0.15, 0.2) is 0 Å². The van der Waals surface area contributed by atoms with Gasteiger partial charge in [-0.1, -0.05) is 30.3 Å². The lowest BCUT2D eigenvalue weighted by Gasteiger charge is -2.28. The number of aryl methyl sites for hydroxylation is 1. The molecule has 2 rings (SSSR count). The predicted octanol–water partition coefficient (Wildman–Crippen LogP) is 3.38. The van der Waals surface area contributed by atoms with Crippen LogP contribution in [0.4, 0.5) is 0 Å². The van der Waals surface area contributed by atoms with Gasteiger partial charge in [0.05, 0.1) is 12.7 Å². The van der Waals surface area contributed by atoms with Crippen molar-refractivity contribution in [1.82, 2.24) is 15.0 Å². The molecule has 0 saturated heterocycles. The minimum atomic E-state index is -2.58. The van der Waals surface area contributed by atoms with E-state index in [1.54, 1.807) is 11.0 Å². The number of nitrogens with zero attached hydrogens (tertiary/aromatic N) is 3. The fraction of sp³-hybridized carbons (Fsp3) is 0.529. The summed E-state index contributed by atoms with van der Waals surface area (Å²) in [5.74, 6) is 0. The van der Waals surface area contributed by atoms with Gasteiger partial charge in [0, 0.05) is 31.4 Å². The molecule has 0 spiro atoms. The van der Waals surface area contributed by atoms with Gasteiger partial charge < -0.3 is 13.3 Å². The van der Waals surface area contributed by atoms with E-state index in [0.717, 1.165) is 30.3 Å². The van der Waals surface area contributed by atoms with Gasteiger partial charge in [0.1, 0.15) is 5.69 Å². The van der Waals surface area contributed by atoms with Gasteiger partial charge in [-0.2, -0.15) is 15.0 Å². The molecule has 0 amide bonds. The molecule has 0 aliphatic rings. The highest BCUT2D eigenvalue weighted by Crippen LogP contribution is 2.19. The minimum absolute atomic E-state index is 0.602. The smallest absolute Gasteiger partial charge is 0.374 e. The van der Waals surface area contributed by atoms with Crippen LogP contribution >= 0.6 is 0 Å². The first kappa shape index (κ1) is 18.8. The van der Waals surface area contributed by atoms with E-state index in [0.29, 0.717) is 19.8 Å². The molecule has 6 nitrogen and oxygen atoms in total. The summed E-state index contributed by atoms with van der Waals surface area (Å²) in [5.41, 5.74) is 1.96. The molecular formula is C17H27N3O3Si. The Morgan fingerprint density at radius 3 is 2.17 bits per heavy atom. The van der Waals surface area contributed by atoms with Crippen molar-refractivity contribution in [3.63, 3.8) is 0 Å². The summed E-state index contributed by atoms with van der Waals surface area (Å²) in [7, 11) is -2.58. The second kappa shape index (κ2) is 9.68. The maximum absolute atomic E-state index is 5.87. The van der Waals surface area contributed by atoms with E-state index in [2.05, 4.69) is 10.2 Å². The quantitative estimate of drug-likeness (QED) is 0.582. The van der Waals surface area contributed by atoms with Crippen LogP contribution in [0.25, 0.3) is 11.3 Å². The van der Waals surface area contributed by atoms with E-state index in [-0.39, 0.29) is 0 Å². The molecule has 7 heteroatoms. The highest BCUT2D eigenvalue weighted by molar-refractivity contribution is 6.60. The highest BCUT2D eigenvalue weighted by atomic mass is 28.4. The Balaban J connectivity index is 1.93. The Hall–Kier alpha value is -1.54. The molecule has 0 radical (unpaired) electrons. The van der Waals surface area contributed by atoms with E-state index in [4.69, 9.17) is 13.3 Å². The van der Waals surface area contributed by atoms with Gasteiger partial charge in [0.2, 0.25) is 0 Å². The van der Waals surface area contributed by atoms with E-state index in [1.165, 1.54) is 0 Å². The third-order valence-corrected chi connectivity index (χ3v) is 6.69. The first-order valence-corrected chi connectivity index (χ1v) is 10.5. The summed E-state index contributed by atoms with van der Waals surface area (Å²) in [4.78, 5) is 1.73. The second-order valence-corrected chi connectivity index (χ2v) is 8.01. The molecular weight excluding hydrogens is 322 g/mol. The molecule has 0 saturated carbocycles. The molecule has 2 aromatic rings. The number of hydrogen-bond acceptors (Lipinski definition) is 5. The summed E-state index contributed by atoms with van der Waals surface area (Å²) in [5, 5.41) is 8.89. The van der Waals surface area contributed by atoms with Gasteiger partial charge in [-0.15, -0.1) is 0 Å². The van der Waals surface area contributed by atoms with Crippen LogP contribution in [-0.4, -0.2) is 43.6 Å². The molecule has 132 valence electrons. The first-order valence-electron chi connectivity index (χ1n) is 8.60. The molecule has 0 N–H and O–H groups in total. The largest absolute Gasteiger partial charge is 0.500 e. The number of benzene rings is 1. The second-order valence-electron chi connectivity index (χ2n) is 5.28. The molecule has 0 aliphatic carbocycles. The molecule has 0 atom stereocenters.